The van der Waals surface area contributed by atoms with E-state index in [2.05, 4.69) is 58.3 Å². The summed E-state index contributed by atoms with van der Waals surface area (Å²) in [5.41, 5.74) is 6.87. The molecule has 4 aromatic rings. The van der Waals surface area contributed by atoms with Crippen LogP contribution in [0.2, 0.25) is 0 Å². The van der Waals surface area contributed by atoms with Crippen LogP contribution in [-0.4, -0.2) is 15.0 Å². The van der Waals surface area contributed by atoms with Crippen molar-refractivity contribution in [1.29, 1.82) is 0 Å². The topological polar surface area (TPSA) is 44.5 Å². The Balaban J connectivity index is 2.09. The molecule has 4 rings (SSSR count). The Bertz CT molecular complexity index is 914. The van der Waals surface area contributed by atoms with E-state index in [1.807, 2.05) is 13.0 Å². The van der Waals surface area contributed by atoms with Gasteiger partial charge in [-0.05, 0) is 31.0 Å². The third kappa shape index (κ3) is 1.50. The molecule has 0 atom stereocenters. The molecule has 0 aliphatic carbocycles. The number of aromatic nitrogens is 3. The molecule has 0 spiro atoms. The molecular formula is C17H15N3. The lowest BCUT2D eigenvalue weighted by atomic mass is 10.1. The highest BCUT2D eigenvalue weighted by molar-refractivity contribution is 6.05. The maximum Gasteiger partial charge on any atom is 0.113 e. The monoisotopic (exact) mass is 261 g/mol. The fourth-order valence-corrected chi connectivity index (χ4v) is 2.88. The summed E-state index contributed by atoms with van der Waals surface area (Å²) in [5, 5.41) is 1.24. The van der Waals surface area contributed by atoms with E-state index in [1.165, 1.54) is 22.2 Å². The maximum atomic E-state index is 4.60. The number of benzene rings is 2. The van der Waals surface area contributed by atoms with Gasteiger partial charge in [-0.1, -0.05) is 36.4 Å². The first-order valence-corrected chi connectivity index (χ1v) is 6.77. The fourth-order valence-electron chi connectivity index (χ4n) is 2.88. The van der Waals surface area contributed by atoms with Crippen molar-refractivity contribution in [2.75, 3.05) is 0 Å². The Hall–Kier alpha value is -2.55. The zero-order valence-corrected chi connectivity index (χ0v) is 11.5. The zero-order valence-electron chi connectivity index (χ0n) is 11.5. The summed E-state index contributed by atoms with van der Waals surface area (Å²) in [6, 6.07) is 14.7. The van der Waals surface area contributed by atoms with E-state index < -0.39 is 0 Å². The highest BCUT2D eigenvalue weighted by Crippen LogP contribution is 2.32. The number of hydrogen-bond acceptors (Lipinski definition) is 1. The first-order chi connectivity index (χ1) is 9.74. The van der Waals surface area contributed by atoms with Crippen molar-refractivity contribution in [2.24, 2.45) is 0 Å². The smallest absolute Gasteiger partial charge is 0.113 e. The van der Waals surface area contributed by atoms with Crippen LogP contribution in [0.25, 0.3) is 33.2 Å². The van der Waals surface area contributed by atoms with Crippen LogP contribution < -0.4 is 0 Å². The van der Waals surface area contributed by atoms with Crippen LogP contribution in [0.1, 0.15) is 11.4 Å². The van der Waals surface area contributed by atoms with Crippen molar-refractivity contribution < 1.29 is 0 Å². The largest absolute Gasteiger partial charge is 0.352 e. The zero-order chi connectivity index (χ0) is 13.7. The number of rotatable bonds is 1. The van der Waals surface area contributed by atoms with Gasteiger partial charge in [-0.2, -0.15) is 0 Å². The van der Waals surface area contributed by atoms with Crippen LogP contribution in [-0.2, 0) is 0 Å². The van der Waals surface area contributed by atoms with Crippen LogP contribution in [0, 0.1) is 13.8 Å². The van der Waals surface area contributed by atoms with Crippen LogP contribution in [0.4, 0.5) is 0 Å². The number of imidazole rings is 1. The van der Waals surface area contributed by atoms with E-state index in [4.69, 9.17) is 0 Å². The molecule has 0 radical (unpaired) electrons. The molecule has 0 aliphatic rings. The molecule has 20 heavy (non-hydrogen) atoms. The molecule has 2 aromatic carbocycles. The Morgan fingerprint density at radius 2 is 1.70 bits per heavy atom. The number of nitrogens with zero attached hydrogens (tertiary/aromatic N) is 1. The fraction of sp³-hybridized carbons (Fsp3) is 0.118. The van der Waals surface area contributed by atoms with Crippen LogP contribution in [0.3, 0.4) is 0 Å². The number of hydrogen-bond donors (Lipinski definition) is 2. The van der Waals surface area contributed by atoms with Crippen molar-refractivity contribution in [3.8, 4) is 11.3 Å². The first kappa shape index (κ1) is 11.3. The molecule has 0 unspecified atom stereocenters. The van der Waals surface area contributed by atoms with Crippen molar-refractivity contribution in [3.63, 3.8) is 0 Å². The van der Waals surface area contributed by atoms with Gasteiger partial charge in [-0.15, -0.1) is 0 Å². The van der Waals surface area contributed by atoms with Gasteiger partial charge in [0, 0.05) is 11.1 Å². The minimum atomic E-state index is 0.945. The van der Waals surface area contributed by atoms with E-state index in [0.29, 0.717) is 0 Å². The van der Waals surface area contributed by atoms with E-state index in [9.17, 15) is 0 Å². The van der Waals surface area contributed by atoms with Crippen LogP contribution in [0.15, 0.2) is 42.5 Å². The number of nitrogens with one attached hydrogen (secondary N) is 2. The average Bonchev–Trinajstić information content (AvgIpc) is 3.00. The molecule has 0 saturated heterocycles. The van der Waals surface area contributed by atoms with E-state index in [-0.39, 0.29) is 0 Å². The van der Waals surface area contributed by atoms with Crippen LogP contribution in [0.5, 0.6) is 0 Å². The molecule has 3 heteroatoms. The van der Waals surface area contributed by atoms with Crippen molar-refractivity contribution in [3.05, 3.63) is 53.9 Å². The SMILES string of the molecule is Cc1nc2c(ccc3c(C)c(-c4ccccc4)[nH]c32)[nH]1. The quantitative estimate of drug-likeness (QED) is 0.526. The lowest BCUT2D eigenvalue weighted by Crippen LogP contribution is -1.79. The van der Waals surface area contributed by atoms with Gasteiger partial charge in [-0.3, -0.25) is 0 Å². The summed E-state index contributed by atoms with van der Waals surface area (Å²) in [7, 11) is 0. The molecule has 2 heterocycles. The molecule has 0 fully saturated rings. The Kier molecular flexibility index (Phi) is 2.24. The molecule has 0 amide bonds. The van der Waals surface area contributed by atoms with Gasteiger partial charge in [0.2, 0.25) is 0 Å². The highest BCUT2D eigenvalue weighted by Gasteiger charge is 2.13. The average molecular weight is 261 g/mol. The van der Waals surface area contributed by atoms with Crippen molar-refractivity contribution in [2.45, 2.75) is 13.8 Å². The van der Waals surface area contributed by atoms with Gasteiger partial charge in [0.15, 0.2) is 0 Å². The van der Waals surface area contributed by atoms with Gasteiger partial charge < -0.3 is 9.97 Å². The molecule has 0 aliphatic heterocycles. The minimum Gasteiger partial charge on any atom is -0.352 e. The lowest BCUT2D eigenvalue weighted by Gasteiger charge is -1.99. The molecular weight excluding hydrogens is 246 g/mol. The van der Waals surface area contributed by atoms with Crippen molar-refractivity contribution in [1.82, 2.24) is 15.0 Å². The molecule has 2 aromatic heterocycles. The van der Waals surface area contributed by atoms with E-state index >= 15 is 0 Å². The van der Waals surface area contributed by atoms with Gasteiger partial charge in [-0.25, -0.2) is 4.98 Å². The minimum absolute atomic E-state index is 0.945. The second kappa shape index (κ2) is 3.97. The third-order valence-electron chi connectivity index (χ3n) is 3.86. The second-order valence-corrected chi connectivity index (χ2v) is 5.20. The summed E-state index contributed by atoms with van der Waals surface area (Å²) < 4.78 is 0. The Labute approximate surface area is 116 Å². The van der Waals surface area contributed by atoms with Gasteiger partial charge in [0.1, 0.15) is 11.3 Å². The highest BCUT2D eigenvalue weighted by atomic mass is 14.9. The number of aromatic amines is 2. The predicted molar refractivity (Wildman–Crippen MR) is 82.9 cm³/mol. The number of fused-ring (bicyclic) bond motifs is 3. The predicted octanol–water partition coefficient (Wildman–Crippen LogP) is 4.33. The second-order valence-electron chi connectivity index (χ2n) is 5.20. The molecule has 98 valence electrons. The summed E-state index contributed by atoms with van der Waals surface area (Å²) in [6.45, 7) is 4.15. The van der Waals surface area contributed by atoms with E-state index in [1.54, 1.807) is 0 Å². The summed E-state index contributed by atoms with van der Waals surface area (Å²) >= 11 is 0. The Morgan fingerprint density at radius 3 is 2.50 bits per heavy atom. The summed E-state index contributed by atoms with van der Waals surface area (Å²) in [4.78, 5) is 11.4. The van der Waals surface area contributed by atoms with Gasteiger partial charge in [0.05, 0.1) is 11.0 Å². The molecule has 0 bridgehead atoms. The van der Waals surface area contributed by atoms with Gasteiger partial charge >= 0.3 is 0 Å². The summed E-state index contributed by atoms with van der Waals surface area (Å²) in [6.07, 6.45) is 0. The Morgan fingerprint density at radius 1 is 0.900 bits per heavy atom. The molecule has 3 nitrogen and oxygen atoms in total. The van der Waals surface area contributed by atoms with Gasteiger partial charge in [0.25, 0.3) is 0 Å². The maximum absolute atomic E-state index is 4.60. The lowest BCUT2D eigenvalue weighted by molar-refractivity contribution is 1.17. The standard InChI is InChI=1S/C17H15N3/c1-10-13-8-9-14-17(19-11(2)18-14)16(13)20-15(10)12-6-4-3-5-7-12/h3-9,20H,1-2H3,(H,18,19). The van der Waals surface area contributed by atoms with E-state index in [0.717, 1.165) is 22.4 Å². The number of aryl methyl sites for hydroxylation is 2. The van der Waals surface area contributed by atoms with Crippen molar-refractivity contribution >= 4 is 21.9 Å². The van der Waals surface area contributed by atoms with Crippen LogP contribution >= 0.6 is 0 Å². The first-order valence-electron chi connectivity index (χ1n) is 6.77. The third-order valence-corrected chi connectivity index (χ3v) is 3.86. The molecule has 0 saturated carbocycles. The number of H-pyrrole nitrogens is 2. The summed E-state index contributed by atoms with van der Waals surface area (Å²) in [5.74, 6) is 0.945. The molecule has 2 N–H and O–H groups in total. The normalized spacial score (nSPS) is 11.5.